The molecule has 84 valence electrons. The number of aromatic nitrogens is 1. The van der Waals surface area contributed by atoms with Gasteiger partial charge in [-0.25, -0.2) is 4.98 Å². The first-order chi connectivity index (χ1) is 7.90. The fraction of sp³-hybridized carbons (Fsp3) is 0.357. The third-order valence-electron chi connectivity index (χ3n) is 2.57. The predicted octanol–water partition coefficient (Wildman–Crippen LogP) is 3.80. The van der Waals surface area contributed by atoms with Crippen LogP contribution in [0.5, 0.6) is 5.88 Å². The third kappa shape index (κ3) is 2.72. The second kappa shape index (κ2) is 5.50. The van der Waals surface area contributed by atoms with Crippen molar-refractivity contribution in [2.24, 2.45) is 0 Å². The van der Waals surface area contributed by atoms with E-state index in [2.05, 4.69) is 24.0 Å². The van der Waals surface area contributed by atoms with E-state index >= 15 is 0 Å². The SMILES string of the molecule is CCCCCOc1ccc2ccccc2n1. The monoisotopic (exact) mass is 215 g/mol. The summed E-state index contributed by atoms with van der Waals surface area (Å²) >= 11 is 0. The van der Waals surface area contributed by atoms with Gasteiger partial charge in [-0.3, -0.25) is 0 Å². The van der Waals surface area contributed by atoms with Crippen molar-refractivity contribution in [2.75, 3.05) is 6.61 Å². The average molecular weight is 215 g/mol. The molecule has 0 amide bonds. The molecular weight excluding hydrogens is 198 g/mol. The summed E-state index contributed by atoms with van der Waals surface area (Å²) in [7, 11) is 0. The first kappa shape index (κ1) is 10.9. The Bertz CT molecular complexity index is 453. The number of hydrogen-bond acceptors (Lipinski definition) is 2. The van der Waals surface area contributed by atoms with Gasteiger partial charge in [0.05, 0.1) is 12.1 Å². The van der Waals surface area contributed by atoms with Crippen molar-refractivity contribution in [3.05, 3.63) is 36.4 Å². The molecule has 2 nitrogen and oxygen atoms in total. The highest BCUT2D eigenvalue weighted by Gasteiger charge is 1.97. The predicted molar refractivity (Wildman–Crippen MR) is 66.8 cm³/mol. The number of para-hydroxylation sites is 1. The van der Waals surface area contributed by atoms with Crippen LogP contribution in [0.2, 0.25) is 0 Å². The number of fused-ring (bicyclic) bond motifs is 1. The topological polar surface area (TPSA) is 22.1 Å². The summed E-state index contributed by atoms with van der Waals surface area (Å²) in [6, 6.07) is 12.1. The van der Waals surface area contributed by atoms with Crippen LogP contribution < -0.4 is 4.74 Å². The third-order valence-corrected chi connectivity index (χ3v) is 2.57. The van der Waals surface area contributed by atoms with Crippen molar-refractivity contribution in [2.45, 2.75) is 26.2 Å². The summed E-state index contributed by atoms with van der Waals surface area (Å²) < 4.78 is 5.61. The maximum absolute atomic E-state index is 5.61. The van der Waals surface area contributed by atoms with Crippen LogP contribution in [0.1, 0.15) is 26.2 Å². The largest absolute Gasteiger partial charge is 0.478 e. The zero-order valence-corrected chi connectivity index (χ0v) is 9.65. The van der Waals surface area contributed by atoms with Gasteiger partial charge in [0.15, 0.2) is 0 Å². The molecule has 0 aliphatic carbocycles. The van der Waals surface area contributed by atoms with E-state index in [1.807, 2.05) is 24.3 Å². The van der Waals surface area contributed by atoms with Crippen LogP contribution in [0.25, 0.3) is 10.9 Å². The summed E-state index contributed by atoms with van der Waals surface area (Å²) in [6.45, 7) is 2.95. The van der Waals surface area contributed by atoms with Crippen molar-refractivity contribution in [1.29, 1.82) is 0 Å². The number of ether oxygens (including phenoxy) is 1. The van der Waals surface area contributed by atoms with Crippen LogP contribution in [0.3, 0.4) is 0 Å². The molecule has 0 atom stereocenters. The molecule has 16 heavy (non-hydrogen) atoms. The van der Waals surface area contributed by atoms with Gasteiger partial charge >= 0.3 is 0 Å². The van der Waals surface area contributed by atoms with Gasteiger partial charge in [0, 0.05) is 11.5 Å². The quantitative estimate of drug-likeness (QED) is 0.708. The van der Waals surface area contributed by atoms with Gasteiger partial charge in [-0.15, -0.1) is 0 Å². The molecule has 2 rings (SSSR count). The van der Waals surface area contributed by atoms with Gasteiger partial charge in [0.1, 0.15) is 0 Å². The van der Waals surface area contributed by atoms with E-state index in [9.17, 15) is 0 Å². The molecule has 0 saturated heterocycles. The zero-order chi connectivity index (χ0) is 11.2. The van der Waals surface area contributed by atoms with E-state index in [0.717, 1.165) is 29.8 Å². The van der Waals surface area contributed by atoms with Crippen LogP contribution in [0, 0.1) is 0 Å². The second-order valence-electron chi connectivity index (χ2n) is 3.90. The van der Waals surface area contributed by atoms with Crippen LogP contribution in [0.4, 0.5) is 0 Å². The second-order valence-corrected chi connectivity index (χ2v) is 3.90. The number of benzene rings is 1. The number of pyridine rings is 1. The lowest BCUT2D eigenvalue weighted by molar-refractivity contribution is 0.296. The molecule has 0 N–H and O–H groups in total. The first-order valence-corrected chi connectivity index (χ1v) is 5.89. The zero-order valence-electron chi connectivity index (χ0n) is 9.65. The molecule has 0 radical (unpaired) electrons. The molecule has 1 aromatic heterocycles. The summed E-state index contributed by atoms with van der Waals surface area (Å²) in [5, 5.41) is 1.16. The van der Waals surface area contributed by atoms with Gasteiger partial charge in [-0.05, 0) is 18.6 Å². The molecule has 0 aliphatic heterocycles. The minimum Gasteiger partial charge on any atom is -0.478 e. The molecule has 0 aliphatic rings. The molecule has 0 fully saturated rings. The molecule has 1 aromatic carbocycles. The minimum atomic E-state index is 0.731. The maximum atomic E-state index is 5.61. The lowest BCUT2D eigenvalue weighted by atomic mass is 10.2. The first-order valence-electron chi connectivity index (χ1n) is 5.89. The molecule has 2 aromatic rings. The number of nitrogens with zero attached hydrogens (tertiary/aromatic N) is 1. The van der Waals surface area contributed by atoms with Gasteiger partial charge in [0.2, 0.25) is 5.88 Å². The van der Waals surface area contributed by atoms with Gasteiger partial charge in [-0.1, -0.05) is 38.0 Å². The fourth-order valence-electron chi connectivity index (χ4n) is 1.66. The highest BCUT2D eigenvalue weighted by Crippen LogP contribution is 2.16. The summed E-state index contributed by atoms with van der Waals surface area (Å²) in [5.74, 6) is 0.731. The Morgan fingerprint density at radius 3 is 2.81 bits per heavy atom. The van der Waals surface area contributed by atoms with Crippen molar-refractivity contribution in [3.63, 3.8) is 0 Å². The maximum Gasteiger partial charge on any atom is 0.213 e. The highest BCUT2D eigenvalue weighted by atomic mass is 16.5. The number of unbranched alkanes of at least 4 members (excludes halogenated alkanes) is 2. The highest BCUT2D eigenvalue weighted by molar-refractivity contribution is 5.78. The molecule has 0 saturated carbocycles. The van der Waals surface area contributed by atoms with Crippen LogP contribution >= 0.6 is 0 Å². The van der Waals surface area contributed by atoms with E-state index in [1.54, 1.807) is 0 Å². The van der Waals surface area contributed by atoms with Crippen LogP contribution in [-0.2, 0) is 0 Å². The van der Waals surface area contributed by atoms with Gasteiger partial charge in [0.25, 0.3) is 0 Å². The van der Waals surface area contributed by atoms with E-state index in [-0.39, 0.29) is 0 Å². The van der Waals surface area contributed by atoms with Crippen molar-refractivity contribution < 1.29 is 4.74 Å². The standard InChI is InChI=1S/C14H17NO/c1-2-3-6-11-16-14-10-9-12-7-4-5-8-13(12)15-14/h4-5,7-10H,2-3,6,11H2,1H3. The Balaban J connectivity index is 2.02. The van der Waals surface area contributed by atoms with E-state index in [4.69, 9.17) is 4.74 Å². The Kier molecular flexibility index (Phi) is 3.76. The number of rotatable bonds is 5. The minimum absolute atomic E-state index is 0.731. The Morgan fingerprint density at radius 2 is 1.94 bits per heavy atom. The Labute approximate surface area is 96.3 Å². The molecule has 2 heteroatoms. The Hall–Kier alpha value is -1.57. The van der Waals surface area contributed by atoms with Gasteiger partial charge < -0.3 is 4.74 Å². The molecule has 0 unspecified atom stereocenters. The summed E-state index contributed by atoms with van der Waals surface area (Å²) in [5.41, 5.74) is 0.996. The molecule has 1 heterocycles. The normalized spacial score (nSPS) is 10.6. The molecular formula is C14H17NO. The van der Waals surface area contributed by atoms with Crippen molar-refractivity contribution in [1.82, 2.24) is 4.98 Å². The van der Waals surface area contributed by atoms with E-state index < -0.39 is 0 Å². The smallest absolute Gasteiger partial charge is 0.213 e. The summed E-state index contributed by atoms with van der Waals surface area (Å²) in [6.07, 6.45) is 3.53. The van der Waals surface area contributed by atoms with Crippen molar-refractivity contribution in [3.8, 4) is 5.88 Å². The molecule has 0 bridgehead atoms. The lowest BCUT2D eigenvalue weighted by Crippen LogP contribution is -1.98. The van der Waals surface area contributed by atoms with E-state index in [0.29, 0.717) is 0 Å². The van der Waals surface area contributed by atoms with E-state index in [1.165, 1.54) is 12.8 Å². The van der Waals surface area contributed by atoms with Crippen LogP contribution in [-0.4, -0.2) is 11.6 Å². The lowest BCUT2D eigenvalue weighted by Gasteiger charge is -2.05. The average Bonchev–Trinajstić information content (AvgIpc) is 2.34. The van der Waals surface area contributed by atoms with Crippen LogP contribution in [0.15, 0.2) is 36.4 Å². The van der Waals surface area contributed by atoms with Gasteiger partial charge in [-0.2, -0.15) is 0 Å². The fourth-order valence-corrected chi connectivity index (χ4v) is 1.66. The van der Waals surface area contributed by atoms with Crippen molar-refractivity contribution >= 4 is 10.9 Å². The number of hydrogen-bond donors (Lipinski definition) is 0. The Morgan fingerprint density at radius 1 is 1.06 bits per heavy atom. The summed E-state index contributed by atoms with van der Waals surface area (Å²) in [4.78, 5) is 4.45. The molecule has 0 spiro atoms.